The molecule has 6 nitrogen and oxygen atoms in total. The lowest BCUT2D eigenvalue weighted by Crippen LogP contribution is -2.46. The molecule has 0 bridgehead atoms. The number of aliphatic hydroxyl groups is 1. The lowest BCUT2D eigenvalue weighted by Gasteiger charge is -2.21. The van der Waals surface area contributed by atoms with Gasteiger partial charge in [0.05, 0.1) is 17.9 Å². The summed E-state index contributed by atoms with van der Waals surface area (Å²) in [4.78, 5) is 12.4. The molecule has 0 aliphatic heterocycles. The first-order chi connectivity index (χ1) is 21.8. The van der Waals surface area contributed by atoms with E-state index in [1.54, 1.807) is 0 Å². The number of hydrogen-bond donors (Lipinski definition) is 3. The summed E-state index contributed by atoms with van der Waals surface area (Å²) in [7, 11) is -4.34. The Bertz CT molecular complexity index is 978. The molecular formula is C38H65NO5S. The van der Waals surface area contributed by atoms with Gasteiger partial charge >= 0.3 is 0 Å². The third kappa shape index (κ3) is 33.0. The van der Waals surface area contributed by atoms with Crippen LogP contribution in [0.15, 0.2) is 72.9 Å². The van der Waals surface area contributed by atoms with Gasteiger partial charge in [0, 0.05) is 6.42 Å². The van der Waals surface area contributed by atoms with Crippen LogP contribution in [-0.4, -0.2) is 41.9 Å². The highest BCUT2D eigenvalue weighted by Crippen LogP contribution is 2.11. The molecule has 0 saturated heterocycles. The normalized spacial score (nSPS) is 14.3. The van der Waals surface area contributed by atoms with Crippen LogP contribution in [0, 0.1) is 0 Å². The quantitative estimate of drug-likeness (QED) is 0.0409. The number of allylic oxidation sites excluding steroid dienone is 11. The van der Waals surface area contributed by atoms with Crippen molar-refractivity contribution in [2.24, 2.45) is 0 Å². The van der Waals surface area contributed by atoms with Gasteiger partial charge < -0.3 is 10.4 Å². The molecule has 0 aromatic rings. The Kier molecular flexibility index (Phi) is 30.2. The van der Waals surface area contributed by atoms with E-state index in [0.717, 1.165) is 83.5 Å². The zero-order valence-electron chi connectivity index (χ0n) is 28.5. The van der Waals surface area contributed by atoms with Crippen LogP contribution in [0.2, 0.25) is 0 Å². The summed E-state index contributed by atoms with van der Waals surface area (Å²) in [6.07, 6.45) is 44.6. The van der Waals surface area contributed by atoms with Crippen LogP contribution in [-0.2, 0) is 14.9 Å². The summed E-state index contributed by atoms with van der Waals surface area (Å²) >= 11 is 0. The number of rotatable bonds is 30. The van der Waals surface area contributed by atoms with E-state index in [1.807, 2.05) is 6.08 Å². The Labute approximate surface area is 276 Å². The highest BCUT2D eigenvalue weighted by Gasteiger charge is 2.24. The number of carbonyl (C=O) groups excluding carboxylic acids is 1. The number of aliphatic hydroxyl groups excluding tert-OH is 1. The number of hydrogen-bond acceptors (Lipinski definition) is 4. The minimum atomic E-state index is -4.34. The van der Waals surface area contributed by atoms with Gasteiger partial charge in [-0.3, -0.25) is 9.35 Å². The van der Waals surface area contributed by atoms with E-state index >= 15 is 0 Å². The average molecular weight is 648 g/mol. The molecule has 258 valence electrons. The predicted molar refractivity (Wildman–Crippen MR) is 193 cm³/mol. The third-order valence-corrected chi connectivity index (χ3v) is 8.17. The van der Waals surface area contributed by atoms with Gasteiger partial charge in [-0.15, -0.1) is 0 Å². The van der Waals surface area contributed by atoms with E-state index in [4.69, 9.17) is 0 Å². The van der Waals surface area contributed by atoms with Gasteiger partial charge in [0.1, 0.15) is 0 Å². The Morgan fingerprint density at radius 1 is 0.622 bits per heavy atom. The topological polar surface area (TPSA) is 104 Å². The van der Waals surface area contributed by atoms with Crippen molar-refractivity contribution in [3.63, 3.8) is 0 Å². The molecule has 0 rings (SSSR count). The van der Waals surface area contributed by atoms with Crippen molar-refractivity contribution in [3.8, 4) is 0 Å². The van der Waals surface area contributed by atoms with E-state index in [0.29, 0.717) is 6.42 Å². The average Bonchev–Trinajstić information content (AvgIpc) is 3.00. The van der Waals surface area contributed by atoms with Crippen molar-refractivity contribution in [2.75, 3.05) is 5.75 Å². The molecule has 3 N–H and O–H groups in total. The molecule has 7 heteroatoms. The van der Waals surface area contributed by atoms with Crippen molar-refractivity contribution in [1.82, 2.24) is 5.32 Å². The molecule has 0 heterocycles. The molecule has 45 heavy (non-hydrogen) atoms. The Morgan fingerprint density at radius 3 is 1.58 bits per heavy atom. The molecule has 0 spiro atoms. The molecule has 0 fully saturated rings. The summed E-state index contributed by atoms with van der Waals surface area (Å²) in [5.74, 6) is -1.01. The summed E-state index contributed by atoms with van der Waals surface area (Å²) in [5.41, 5.74) is 0. The Hall–Kier alpha value is -2.22. The second-order valence-corrected chi connectivity index (χ2v) is 13.3. The third-order valence-electron chi connectivity index (χ3n) is 7.39. The van der Waals surface area contributed by atoms with E-state index in [2.05, 4.69) is 79.9 Å². The molecule has 0 aliphatic rings. The van der Waals surface area contributed by atoms with Crippen molar-refractivity contribution >= 4 is 16.0 Å². The second kappa shape index (κ2) is 31.7. The Morgan fingerprint density at radius 2 is 1.07 bits per heavy atom. The maximum atomic E-state index is 12.4. The highest BCUT2D eigenvalue weighted by molar-refractivity contribution is 7.85. The zero-order valence-corrected chi connectivity index (χ0v) is 29.3. The molecule has 1 amide bonds. The molecule has 0 saturated carbocycles. The standard InChI is InChI=1S/C38H65NO5S/c1-3-5-7-9-11-13-14-15-16-17-18-19-20-21-22-23-24-26-28-30-32-34-38(41)39-36(35-45(42,43)44)37(40)33-31-29-27-25-12-10-8-6-4-2/h5,7,11,13,15-16,18-19,21-22,31,33,36-37,40H,3-4,6,8-10,12,14,17,20,23-30,32,34-35H2,1-2H3,(H,39,41)(H,42,43,44)/b7-5-,13-11-,16-15-,19-18-,22-21-,33-31+. The van der Waals surface area contributed by atoms with Crippen LogP contribution in [0.25, 0.3) is 0 Å². The predicted octanol–water partition coefficient (Wildman–Crippen LogP) is 9.90. The smallest absolute Gasteiger partial charge is 0.267 e. The molecule has 0 aromatic carbocycles. The molecule has 2 atom stereocenters. The van der Waals surface area contributed by atoms with Crippen molar-refractivity contribution in [2.45, 2.75) is 154 Å². The summed E-state index contributed by atoms with van der Waals surface area (Å²) in [5, 5.41) is 13.1. The molecule has 0 radical (unpaired) electrons. The fourth-order valence-electron chi connectivity index (χ4n) is 4.77. The summed E-state index contributed by atoms with van der Waals surface area (Å²) in [6.45, 7) is 4.35. The summed E-state index contributed by atoms with van der Waals surface area (Å²) < 4.78 is 32.2. The van der Waals surface area contributed by atoms with E-state index in [9.17, 15) is 22.9 Å². The minimum Gasteiger partial charge on any atom is -0.387 e. The second-order valence-electron chi connectivity index (χ2n) is 11.8. The molecule has 0 aliphatic carbocycles. The maximum absolute atomic E-state index is 12.4. The van der Waals surface area contributed by atoms with Crippen LogP contribution in [0.4, 0.5) is 0 Å². The molecular weight excluding hydrogens is 582 g/mol. The van der Waals surface area contributed by atoms with Crippen LogP contribution in [0.5, 0.6) is 0 Å². The van der Waals surface area contributed by atoms with Gasteiger partial charge in [-0.2, -0.15) is 8.42 Å². The van der Waals surface area contributed by atoms with Crippen LogP contribution in [0.3, 0.4) is 0 Å². The van der Waals surface area contributed by atoms with Gasteiger partial charge in [0.15, 0.2) is 0 Å². The monoisotopic (exact) mass is 647 g/mol. The molecule has 0 aromatic heterocycles. The van der Waals surface area contributed by atoms with Crippen LogP contribution in [0.1, 0.15) is 142 Å². The highest BCUT2D eigenvalue weighted by atomic mass is 32.2. The number of amides is 1. The molecule has 2 unspecified atom stereocenters. The first kappa shape index (κ1) is 42.8. The fraction of sp³-hybridized carbons (Fsp3) is 0.658. The van der Waals surface area contributed by atoms with Gasteiger partial charge in [0.25, 0.3) is 10.1 Å². The number of carbonyl (C=O) groups is 1. The number of nitrogens with one attached hydrogen (secondary N) is 1. The number of unbranched alkanes of at least 4 members (excludes halogenated alkanes) is 12. The van der Waals surface area contributed by atoms with Crippen molar-refractivity contribution in [3.05, 3.63) is 72.9 Å². The first-order valence-corrected chi connectivity index (χ1v) is 19.2. The van der Waals surface area contributed by atoms with Crippen LogP contribution >= 0.6 is 0 Å². The van der Waals surface area contributed by atoms with Crippen molar-refractivity contribution in [1.29, 1.82) is 0 Å². The van der Waals surface area contributed by atoms with Gasteiger partial charge in [-0.1, -0.05) is 145 Å². The largest absolute Gasteiger partial charge is 0.387 e. The van der Waals surface area contributed by atoms with Gasteiger partial charge in [0.2, 0.25) is 5.91 Å². The van der Waals surface area contributed by atoms with Gasteiger partial charge in [-0.05, 0) is 64.2 Å². The van der Waals surface area contributed by atoms with E-state index in [-0.39, 0.29) is 12.3 Å². The summed E-state index contributed by atoms with van der Waals surface area (Å²) in [6, 6.07) is -1.07. The fourth-order valence-corrected chi connectivity index (χ4v) is 5.50. The zero-order chi connectivity index (χ0) is 33.3. The maximum Gasteiger partial charge on any atom is 0.267 e. The van der Waals surface area contributed by atoms with Crippen molar-refractivity contribution < 1.29 is 22.9 Å². The Balaban J connectivity index is 4.01. The lowest BCUT2D eigenvalue weighted by atomic mass is 10.1. The first-order valence-electron chi connectivity index (χ1n) is 17.6. The minimum absolute atomic E-state index is 0.269. The SMILES string of the molecule is CC/C=C\C/C=C\C/C=C\C/C=C\C/C=C\CCCCCCCC(=O)NC(CS(=O)(=O)O)C(O)/C=C/CCCCCCCCC. The van der Waals surface area contributed by atoms with Crippen LogP contribution < -0.4 is 5.32 Å². The van der Waals surface area contributed by atoms with Gasteiger partial charge in [-0.25, -0.2) is 0 Å². The van der Waals surface area contributed by atoms with E-state index < -0.39 is 28.0 Å². The lowest BCUT2D eigenvalue weighted by molar-refractivity contribution is -0.122. The van der Waals surface area contributed by atoms with E-state index in [1.165, 1.54) is 38.2 Å².